The van der Waals surface area contributed by atoms with Crippen LogP contribution in [0.3, 0.4) is 0 Å². The summed E-state index contributed by atoms with van der Waals surface area (Å²) in [5.41, 5.74) is 3.38. The average Bonchev–Trinajstić information content (AvgIpc) is 3.59. The Balaban J connectivity index is 1.12. The van der Waals surface area contributed by atoms with E-state index in [-0.39, 0.29) is 29.5 Å². The summed E-state index contributed by atoms with van der Waals surface area (Å²) in [6.45, 7) is 4.78. The van der Waals surface area contributed by atoms with Crippen molar-refractivity contribution in [3.63, 3.8) is 0 Å². The number of ether oxygens (including phenoxy) is 1. The molecule has 0 bridgehead atoms. The summed E-state index contributed by atoms with van der Waals surface area (Å²) in [6, 6.07) is 7.26. The van der Waals surface area contributed by atoms with Crippen LogP contribution in [0.15, 0.2) is 30.7 Å². The Morgan fingerprint density at radius 3 is 2.94 bits per heavy atom. The molecule has 2 aromatic heterocycles. The smallest absolute Gasteiger partial charge is 0.230 e. The van der Waals surface area contributed by atoms with Gasteiger partial charge in [-0.3, -0.25) is 9.69 Å². The number of aryl methyl sites for hydroxylation is 1. The number of hydrogen-bond donors (Lipinski definition) is 0. The van der Waals surface area contributed by atoms with E-state index in [9.17, 15) is 9.18 Å². The molecule has 2 saturated heterocycles. The predicted molar refractivity (Wildman–Crippen MR) is 124 cm³/mol. The molecular weight excluding hydrogens is 463 g/mol. The first-order valence-corrected chi connectivity index (χ1v) is 12.1. The Bertz CT molecular complexity index is 1350. The van der Waals surface area contributed by atoms with Gasteiger partial charge in [0.15, 0.2) is 5.82 Å². The van der Waals surface area contributed by atoms with Crippen molar-refractivity contribution in [2.45, 2.75) is 37.8 Å². The van der Waals surface area contributed by atoms with Crippen molar-refractivity contribution in [2.75, 3.05) is 32.8 Å². The topological polar surface area (TPSA) is 113 Å². The normalized spacial score (nSPS) is 23.7. The van der Waals surface area contributed by atoms with Gasteiger partial charge in [0.05, 0.1) is 30.2 Å². The number of rotatable bonds is 3. The molecule has 4 heterocycles. The Hall–Kier alpha value is -3.75. The summed E-state index contributed by atoms with van der Waals surface area (Å²) in [5.74, 6) is 0.111. The van der Waals surface area contributed by atoms with Gasteiger partial charge in [-0.05, 0) is 64.6 Å². The quantitative estimate of drug-likeness (QED) is 0.547. The largest absolute Gasteiger partial charge is 0.370 e. The van der Waals surface area contributed by atoms with E-state index in [4.69, 9.17) is 10.00 Å². The number of carbonyl (C=O) groups is 1. The first-order valence-electron chi connectivity index (χ1n) is 12.1. The third-order valence-corrected chi connectivity index (χ3v) is 7.67. The molecule has 6 rings (SSSR count). The molecule has 1 aliphatic carbocycles. The highest BCUT2D eigenvalue weighted by molar-refractivity contribution is 5.85. The molecule has 1 amide bonds. The fourth-order valence-corrected chi connectivity index (χ4v) is 5.66. The number of fused-ring (bicyclic) bond motifs is 2. The molecule has 3 aromatic rings. The number of amides is 1. The lowest BCUT2D eigenvalue weighted by Gasteiger charge is -2.46. The number of pyridine rings is 1. The number of tetrazole rings is 1. The number of morpholine rings is 1. The molecule has 2 fully saturated rings. The third kappa shape index (κ3) is 3.83. The second kappa shape index (κ2) is 9.04. The SMILES string of the molecule is Cc1c([C@H]2CN3CCN(C(=O)C4CCc5cc(-n6cnnn6)ncc54)C[C@H]3CO2)ccc(C#N)c1F. The standard InChI is InChI=1S/C25H25FN8O2/c1-15-19(4-3-17(9-27)24(15)26)22-12-32-6-7-33(11-18(32)13-36-22)25(35)20-5-2-16-8-23(28-10-21(16)20)34-14-29-30-31-34/h3-4,8,10,14,18,20,22H,2,5-7,11-13H2,1H3/t18-,20?,22+/m0/s1. The number of halogens is 1. The van der Waals surface area contributed by atoms with E-state index in [0.717, 1.165) is 36.1 Å². The summed E-state index contributed by atoms with van der Waals surface area (Å²) in [4.78, 5) is 22.3. The lowest BCUT2D eigenvalue weighted by molar-refractivity contribution is -0.141. The molecule has 0 spiro atoms. The van der Waals surface area contributed by atoms with Crippen LogP contribution in [0.5, 0.6) is 0 Å². The predicted octanol–water partition coefficient (Wildman–Crippen LogP) is 1.69. The van der Waals surface area contributed by atoms with Gasteiger partial charge in [0.1, 0.15) is 18.2 Å². The van der Waals surface area contributed by atoms with Gasteiger partial charge in [-0.25, -0.2) is 9.37 Å². The van der Waals surface area contributed by atoms with Crippen LogP contribution < -0.4 is 0 Å². The minimum absolute atomic E-state index is 0.0485. The second-order valence-electron chi connectivity index (χ2n) is 9.60. The van der Waals surface area contributed by atoms with Crippen LogP contribution in [0.25, 0.3) is 5.82 Å². The highest BCUT2D eigenvalue weighted by atomic mass is 19.1. The zero-order valence-corrected chi connectivity index (χ0v) is 19.8. The van der Waals surface area contributed by atoms with E-state index >= 15 is 0 Å². The number of hydrogen-bond acceptors (Lipinski definition) is 8. The van der Waals surface area contributed by atoms with E-state index in [1.54, 1.807) is 19.2 Å². The molecule has 2 aliphatic heterocycles. The minimum atomic E-state index is -0.479. The number of nitriles is 1. The van der Waals surface area contributed by atoms with Crippen molar-refractivity contribution < 1.29 is 13.9 Å². The van der Waals surface area contributed by atoms with Crippen LogP contribution in [-0.2, 0) is 16.0 Å². The molecule has 0 N–H and O–H groups in total. The van der Waals surface area contributed by atoms with E-state index in [1.165, 1.54) is 17.1 Å². The van der Waals surface area contributed by atoms with Gasteiger partial charge in [-0.1, -0.05) is 6.07 Å². The summed E-state index contributed by atoms with van der Waals surface area (Å²) >= 11 is 0. The molecule has 3 atom stereocenters. The van der Waals surface area contributed by atoms with Crippen LogP contribution in [0.4, 0.5) is 4.39 Å². The highest BCUT2D eigenvalue weighted by Gasteiger charge is 2.39. The van der Waals surface area contributed by atoms with Crippen LogP contribution >= 0.6 is 0 Å². The van der Waals surface area contributed by atoms with Crippen molar-refractivity contribution >= 4 is 5.91 Å². The van der Waals surface area contributed by atoms with Crippen LogP contribution in [0.2, 0.25) is 0 Å². The van der Waals surface area contributed by atoms with Crippen molar-refractivity contribution in [3.05, 3.63) is 64.4 Å². The Morgan fingerprint density at radius 1 is 1.25 bits per heavy atom. The second-order valence-corrected chi connectivity index (χ2v) is 9.60. The van der Waals surface area contributed by atoms with E-state index in [0.29, 0.717) is 37.6 Å². The molecule has 1 aromatic carbocycles. The summed E-state index contributed by atoms with van der Waals surface area (Å²) in [7, 11) is 0. The molecule has 184 valence electrons. The monoisotopic (exact) mass is 488 g/mol. The highest BCUT2D eigenvalue weighted by Crippen LogP contribution is 2.36. The molecule has 0 saturated carbocycles. The van der Waals surface area contributed by atoms with Crippen molar-refractivity contribution in [1.82, 2.24) is 35.0 Å². The van der Waals surface area contributed by atoms with Gasteiger partial charge in [0, 0.05) is 32.4 Å². The fraction of sp³-hybridized carbons (Fsp3) is 0.440. The summed E-state index contributed by atoms with van der Waals surface area (Å²) < 4.78 is 22.1. The summed E-state index contributed by atoms with van der Waals surface area (Å²) in [6.07, 6.45) is 4.61. The van der Waals surface area contributed by atoms with Gasteiger partial charge in [0.25, 0.3) is 0 Å². The van der Waals surface area contributed by atoms with Gasteiger partial charge in [-0.15, -0.1) is 5.10 Å². The lowest BCUT2D eigenvalue weighted by atomic mass is 9.96. The fourth-order valence-electron chi connectivity index (χ4n) is 5.66. The number of benzene rings is 1. The van der Waals surface area contributed by atoms with Gasteiger partial charge < -0.3 is 9.64 Å². The number of piperazine rings is 1. The average molecular weight is 489 g/mol. The first-order chi connectivity index (χ1) is 17.5. The number of carbonyl (C=O) groups excluding carboxylic acids is 1. The van der Waals surface area contributed by atoms with Crippen molar-refractivity contribution in [1.29, 1.82) is 5.26 Å². The third-order valence-electron chi connectivity index (χ3n) is 7.67. The molecule has 1 unspecified atom stereocenters. The zero-order valence-electron chi connectivity index (χ0n) is 19.8. The molecule has 11 heteroatoms. The molecule has 3 aliphatic rings. The maximum absolute atomic E-state index is 14.5. The van der Waals surface area contributed by atoms with Gasteiger partial charge >= 0.3 is 0 Å². The van der Waals surface area contributed by atoms with Crippen molar-refractivity contribution in [2.24, 2.45) is 0 Å². The van der Waals surface area contributed by atoms with E-state index in [2.05, 4.69) is 25.4 Å². The Kier molecular flexibility index (Phi) is 5.70. The summed E-state index contributed by atoms with van der Waals surface area (Å²) in [5, 5.41) is 20.3. The molecule has 10 nitrogen and oxygen atoms in total. The zero-order chi connectivity index (χ0) is 24.8. The van der Waals surface area contributed by atoms with E-state index < -0.39 is 5.82 Å². The number of aromatic nitrogens is 5. The maximum Gasteiger partial charge on any atom is 0.230 e. The Labute approximate surface area is 207 Å². The Morgan fingerprint density at radius 2 is 2.14 bits per heavy atom. The van der Waals surface area contributed by atoms with Crippen LogP contribution in [0.1, 0.15) is 46.3 Å². The van der Waals surface area contributed by atoms with Gasteiger partial charge in [-0.2, -0.15) is 9.94 Å². The first kappa shape index (κ1) is 22.7. The molecular formula is C25H25FN8O2. The van der Waals surface area contributed by atoms with Crippen LogP contribution in [-0.4, -0.2) is 79.7 Å². The maximum atomic E-state index is 14.5. The van der Waals surface area contributed by atoms with Crippen LogP contribution in [0, 0.1) is 24.1 Å². The molecule has 0 radical (unpaired) electrons. The lowest BCUT2D eigenvalue weighted by Crippen LogP contribution is -2.60. The number of nitrogens with zero attached hydrogens (tertiary/aromatic N) is 8. The minimum Gasteiger partial charge on any atom is -0.370 e. The van der Waals surface area contributed by atoms with Gasteiger partial charge in [0.2, 0.25) is 5.91 Å². The molecule has 36 heavy (non-hydrogen) atoms. The van der Waals surface area contributed by atoms with E-state index in [1.807, 2.05) is 17.0 Å². The van der Waals surface area contributed by atoms with Crippen molar-refractivity contribution in [3.8, 4) is 11.9 Å².